The molecule has 0 saturated heterocycles. The van der Waals surface area contributed by atoms with Crippen molar-refractivity contribution in [1.29, 1.82) is 0 Å². The molecule has 3 aromatic heterocycles. The van der Waals surface area contributed by atoms with Crippen LogP contribution in [0.5, 0.6) is 0 Å². The average Bonchev–Trinajstić information content (AvgIpc) is 3.26. The van der Waals surface area contributed by atoms with E-state index in [0.29, 0.717) is 5.16 Å². The number of benzene rings is 1. The molecule has 7 nitrogen and oxygen atoms in total. The Balaban J connectivity index is 1.68. The quantitative estimate of drug-likeness (QED) is 0.596. The van der Waals surface area contributed by atoms with E-state index in [0.717, 1.165) is 19.6 Å². The predicted molar refractivity (Wildman–Crippen MR) is 87.7 cm³/mol. The van der Waals surface area contributed by atoms with Gasteiger partial charge >= 0.3 is 5.97 Å². The Morgan fingerprint density at radius 1 is 1.30 bits per heavy atom. The summed E-state index contributed by atoms with van der Waals surface area (Å²) in [5.41, 5.74) is 1.01. The van der Waals surface area contributed by atoms with Crippen molar-refractivity contribution in [3.05, 3.63) is 41.3 Å². The first-order valence-corrected chi connectivity index (χ1v) is 8.86. The van der Waals surface area contributed by atoms with Crippen LogP contribution in [0.15, 0.2) is 45.2 Å². The maximum atomic E-state index is 11.0. The third-order valence-electron chi connectivity index (χ3n) is 2.95. The minimum atomic E-state index is -0.948. The maximum Gasteiger partial charge on any atom is 0.335 e. The van der Waals surface area contributed by atoms with Gasteiger partial charge in [-0.1, -0.05) is 0 Å². The minimum Gasteiger partial charge on any atom is -0.478 e. The number of thiophene rings is 1. The van der Waals surface area contributed by atoms with E-state index in [1.54, 1.807) is 34.2 Å². The van der Waals surface area contributed by atoms with Crippen LogP contribution in [0.2, 0.25) is 0 Å². The van der Waals surface area contributed by atoms with Gasteiger partial charge in [0.2, 0.25) is 5.16 Å². The molecule has 114 valence electrons. The molecule has 0 amide bonds. The van der Waals surface area contributed by atoms with Crippen molar-refractivity contribution >= 4 is 50.6 Å². The minimum absolute atomic E-state index is 0.251. The molecule has 0 aliphatic rings. The fraction of sp³-hybridized carbons (Fsp3) is 0. The van der Waals surface area contributed by atoms with Crippen LogP contribution in [0.1, 0.15) is 10.4 Å². The first-order valence-electron chi connectivity index (χ1n) is 6.35. The topological polar surface area (TPSA) is 93.8 Å². The lowest BCUT2D eigenvalue weighted by Gasteiger charge is -1.97. The molecular formula is C13H7N5O2S3. The van der Waals surface area contributed by atoms with Crippen LogP contribution in [0, 0.1) is 0 Å². The van der Waals surface area contributed by atoms with Crippen molar-refractivity contribution in [2.45, 2.75) is 9.50 Å². The Morgan fingerprint density at radius 3 is 3.00 bits per heavy atom. The molecule has 0 radical (unpaired) electrons. The fourth-order valence-electron chi connectivity index (χ4n) is 1.93. The van der Waals surface area contributed by atoms with Crippen LogP contribution < -0.4 is 0 Å². The van der Waals surface area contributed by atoms with Gasteiger partial charge < -0.3 is 5.11 Å². The molecule has 0 bridgehead atoms. The van der Waals surface area contributed by atoms with Crippen molar-refractivity contribution in [2.75, 3.05) is 0 Å². The lowest BCUT2D eigenvalue weighted by Crippen LogP contribution is -1.95. The van der Waals surface area contributed by atoms with Crippen molar-refractivity contribution in [3.8, 4) is 5.00 Å². The molecule has 4 rings (SSSR count). The molecule has 10 heteroatoms. The van der Waals surface area contributed by atoms with E-state index in [2.05, 4.69) is 20.5 Å². The van der Waals surface area contributed by atoms with Crippen molar-refractivity contribution in [2.24, 2.45) is 0 Å². The molecule has 1 aromatic carbocycles. The van der Waals surface area contributed by atoms with E-state index in [9.17, 15) is 4.79 Å². The van der Waals surface area contributed by atoms with Crippen LogP contribution in [-0.2, 0) is 0 Å². The van der Waals surface area contributed by atoms with Gasteiger partial charge in [-0.15, -0.1) is 27.8 Å². The lowest BCUT2D eigenvalue weighted by molar-refractivity contribution is 0.0697. The number of rotatable bonds is 4. The van der Waals surface area contributed by atoms with Gasteiger partial charge in [0.05, 0.1) is 15.8 Å². The molecule has 23 heavy (non-hydrogen) atoms. The number of aromatic carboxylic acids is 1. The first-order chi connectivity index (χ1) is 11.2. The second-order valence-corrected chi connectivity index (χ2v) is 7.57. The number of hydrogen-bond donors (Lipinski definition) is 1. The average molecular weight is 361 g/mol. The number of carboxylic acids is 1. The van der Waals surface area contributed by atoms with Crippen molar-refractivity contribution < 1.29 is 9.90 Å². The summed E-state index contributed by atoms with van der Waals surface area (Å²) < 4.78 is 3.24. The van der Waals surface area contributed by atoms with E-state index in [1.165, 1.54) is 23.1 Å². The highest BCUT2D eigenvalue weighted by molar-refractivity contribution is 8.01. The SMILES string of the molecule is O=C(O)c1ccc2nc(Sc3nnnn3-c3cccs3)sc2c1. The maximum absolute atomic E-state index is 11.0. The number of nitrogens with zero attached hydrogens (tertiary/aromatic N) is 5. The fourth-order valence-corrected chi connectivity index (χ4v) is 4.66. The highest BCUT2D eigenvalue weighted by Gasteiger charge is 2.14. The molecule has 0 spiro atoms. The third-order valence-corrected chi connectivity index (χ3v) is 5.81. The molecule has 0 aliphatic heterocycles. The summed E-state index contributed by atoms with van der Waals surface area (Å²) in [4.78, 5) is 15.5. The third kappa shape index (κ3) is 2.71. The number of thiazole rings is 1. The highest BCUT2D eigenvalue weighted by atomic mass is 32.2. The largest absolute Gasteiger partial charge is 0.478 e. The van der Waals surface area contributed by atoms with Gasteiger partial charge in [0, 0.05) is 0 Å². The Bertz CT molecular complexity index is 992. The summed E-state index contributed by atoms with van der Waals surface area (Å²) in [5, 5.41) is 24.3. The molecule has 4 aromatic rings. The van der Waals surface area contributed by atoms with Crippen molar-refractivity contribution in [1.82, 2.24) is 25.2 Å². The van der Waals surface area contributed by atoms with E-state index in [1.807, 2.05) is 17.5 Å². The lowest BCUT2D eigenvalue weighted by atomic mass is 10.2. The molecule has 0 saturated carbocycles. The summed E-state index contributed by atoms with van der Waals surface area (Å²) in [5.74, 6) is -0.948. The summed E-state index contributed by atoms with van der Waals surface area (Å²) in [7, 11) is 0. The van der Waals surface area contributed by atoms with Crippen LogP contribution in [0.4, 0.5) is 0 Å². The molecule has 0 unspecified atom stereocenters. The number of fused-ring (bicyclic) bond motifs is 1. The Morgan fingerprint density at radius 2 is 2.22 bits per heavy atom. The Hall–Kier alpha value is -2.30. The predicted octanol–water partition coefficient (Wildman–Crippen LogP) is 3.18. The summed E-state index contributed by atoms with van der Waals surface area (Å²) in [6.07, 6.45) is 0. The smallest absolute Gasteiger partial charge is 0.335 e. The molecule has 3 heterocycles. The Kier molecular flexibility index (Phi) is 3.56. The molecule has 1 N–H and O–H groups in total. The number of hydrogen-bond acceptors (Lipinski definition) is 8. The van der Waals surface area contributed by atoms with Crippen LogP contribution in [0.3, 0.4) is 0 Å². The van der Waals surface area contributed by atoms with Gasteiger partial charge in [-0.25, -0.2) is 9.78 Å². The molecule has 0 aliphatic carbocycles. The zero-order chi connectivity index (χ0) is 15.8. The van der Waals surface area contributed by atoms with E-state index < -0.39 is 5.97 Å². The van der Waals surface area contributed by atoms with Gasteiger partial charge in [-0.05, 0) is 57.9 Å². The van der Waals surface area contributed by atoms with E-state index in [-0.39, 0.29) is 5.56 Å². The zero-order valence-corrected chi connectivity index (χ0v) is 13.7. The second kappa shape index (κ2) is 5.72. The monoisotopic (exact) mass is 361 g/mol. The summed E-state index contributed by atoms with van der Waals surface area (Å²) >= 11 is 4.31. The van der Waals surface area contributed by atoms with Gasteiger partial charge in [0.15, 0.2) is 4.34 Å². The van der Waals surface area contributed by atoms with Gasteiger partial charge in [0.25, 0.3) is 0 Å². The highest BCUT2D eigenvalue weighted by Crippen LogP contribution is 2.34. The van der Waals surface area contributed by atoms with Crippen LogP contribution >= 0.6 is 34.4 Å². The van der Waals surface area contributed by atoms with Gasteiger partial charge in [-0.2, -0.15) is 4.68 Å². The first kappa shape index (κ1) is 14.3. The van der Waals surface area contributed by atoms with E-state index >= 15 is 0 Å². The van der Waals surface area contributed by atoms with Crippen LogP contribution in [-0.4, -0.2) is 36.3 Å². The zero-order valence-electron chi connectivity index (χ0n) is 11.3. The molecule has 0 atom stereocenters. The Labute approximate surface area is 141 Å². The number of carboxylic acid groups (broad SMARTS) is 1. The normalized spacial score (nSPS) is 11.1. The van der Waals surface area contributed by atoms with E-state index in [4.69, 9.17) is 5.11 Å². The van der Waals surface area contributed by atoms with Crippen LogP contribution in [0.25, 0.3) is 15.2 Å². The molecular weight excluding hydrogens is 354 g/mol. The number of carbonyl (C=O) groups is 1. The standard InChI is InChI=1S/C13H7N5O2S3/c19-11(20)7-3-4-8-9(6-7)22-13(14-8)23-12-15-16-17-18(12)10-2-1-5-21-10/h1-6H,(H,19,20). The molecule has 0 fully saturated rings. The summed E-state index contributed by atoms with van der Waals surface area (Å²) in [6.45, 7) is 0. The van der Waals surface area contributed by atoms with Gasteiger partial charge in [0.1, 0.15) is 5.00 Å². The summed E-state index contributed by atoms with van der Waals surface area (Å²) in [6, 6.07) is 8.75. The van der Waals surface area contributed by atoms with Gasteiger partial charge in [-0.3, -0.25) is 0 Å². The van der Waals surface area contributed by atoms with Crippen molar-refractivity contribution in [3.63, 3.8) is 0 Å². The number of tetrazole rings is 1. The second-order valence-electron chi connectivity index (χ2n) is 4.39. The number of aromatic nitrogens is 5.